The normalized spacial score (nSPS) is 10.8. The first-order valence-corrected chi connectivity index (χ1v) is 6.17. The Balaban J connectivity index is 2.14. The van der Waals surface area contributed by atoms with Gasteiger partial charge in [0.25, 0.3) is 0 Å². The van der Waals surface area contributed by atoms with Crippen LogP contribution < -0.4 is 4.74 Å². The molecule has 5 nitrogen and oxygen atoms in total. The van der Waals surface area contributed by atoms with Crippen LogP contribution in [0.4, 0.5) is 4.39 Å². The highest BCUT2D eigenvalue weighted by Crippen LogP contribution is 2.16. The average Bonchev–Trinajstić information content (AvgIpc) is 2.81. The van der Waals surface area contributed by atoms with Crippen LogP contribution in [0.1, 0.15) is 36.1 Å². The van der Waals surface area contributed by atoms with Gasteiger partial charge in [-0.05, 0) is 32.0 Å². The standard InChI is InChI=1S/C14H15FN2O3/c1-9(2)17-13(14(18)19)7-11(16-17)8-20-12-5-3-4-10(15)6-12/h3-7,9H,8H2,1-2H3,(H,18,19). The van der Waals surface area contributed by atoms with Crippen molar-refractivity contribution in [2.45, 2.75) is 26.5 Å². The zero-order chi connectivity index (χ0) is 14.7. The third-order valence-corrected chi connectivity index (χ3v) is 2.68. The van der Waals surface area contributed by atoms with Crippen LogP contribution in [0.25, 0.3) is 0 Å². The highest BCUT2D eigenvalue weighted by molar-refractivity contribution is 5.85. The third kappa shape index (κ3) is 3.14. The molecule has 106 valence electrons. The van der Waals surface area contributed by atoms with Crippen LogP contribution >= 0.6 is 0 Å². The van der Waals surface area contributed by atoms with Gasteiger partial charge >= 0.3 is 5.97 Å². The molecule has 0 radical (unpaired) electrons. The first-order valence-electron chi connectivity index (χ1n) is 6.17. The van der Waals surface area contributed by atoms with Gasteiger partial charge < -0.3 is 9.84 Å². The van der Waals surface area contributed by atoms with Gasteiger partial charge in [0.15, 0.2) is 0 Å². The van der Waals surface area contributed by atoms with E-state index in [9.17, 15) is 9.18 Å². The summed E-state index contributed by atoms with van der Waals surface area (Å²) in [7, 11) is 0. The van der Waals surface area contributed by atoms with Gasteiger partial charge in [-0.2, -0.15) is 5.10 Å². The van der Waals surface area contributed by atoms with Crippen molar-refractivity contribution in [1.29, 1.82) is 0 Å². The molecule has 0 atom stereocenters. The summed E-state index contributed by atoms with van der Waals surface area (Å²) in [5, 5.41) is 13.3. The summed E-state index contributed by atoms with van der Waals surface area (Å²) in [5.41, 5.74) is 0.596. The van der Waals surface area contributed by atoms with Gasteiger partial charge in [-0.3, -0.25) is 4.68 Å². The number of carboxylic acids is 1. The van der Waals surface area contributed by atoms with Crippen LogP contribution in [-0.4, -0.2) is 20.9 Å². The number of hydrogen-bond donors (Lipinski definition) is 1. The van der Waals surface area contributed by atoms with Crippen molar-refractivity contribution >= 4 is 5.97 Å². The van der Waals surface area contributed by atoms with Crippen molar-refractivity contribution < 1.29 is 19.0 Å². The second kappa shape index (κ2) is 5.73. The molecule has 1 aromatic carbocycles. The molecule has 2 rings (SSSR count). The molecule has 1 aromatic heterocycles. The van der Waals surface area contributed by atoms with Crippen molar-refractivity contribution in [2.75, 3.05) is 0 Å². The van der Waals surface area contributed by atoms with Crippen LogP contribution in [0.3, 0.4) is 0 Å². The number of carboxylic acid groups (broad SMARTS) is 1. The minimum Gasteiger partial charge on any atom is -0.487 e. The number of nitrogens with zero attached hydrogens (tertiary/aromatic N) is 2. The van der Waals surface area contributed by atoms with E-state index in [-0.39, 0.29) is 24.2 Å². The molecule has 1 heterocycles. The molecule has 20 heavy (non-hydrogen) atoms. The van der Waals surface area contributed by atoms with Crippen molar-refractivity contribution in [3.05, 3.63) is 47.5 Å². The van der Waals surface area contributed by atoms with Crippen molar-refractivity contribution in [2.24, 2.45) is 0 Å². The Hall–Kier alpha value is -2.37. The molecule has 0 saturated heterocycles. The topological polar surface area (TPSA) is 64.4 Å². The van der Waals surface area contributed by atoms with E-state index in [0.717, 1.165) is 0 Å². The lowest BCUT2D eigenvalue weighted by molar-refractivity contribution is 0.0681. The predicted molar refractivity (Wildman–Crippen MR) is 70.3 cm³/mol. The molecule has 0 saturated carbocycles. The number of benzene rings is 1. The van der Waals surface area contributed by atoms with Gasteiger partial charge in [-0.15, -0.1) is 0 Å². The quantitative estimate of drug-likeness (QED) is 0.913. The van der Waals surface area contributed by atoms with E-state index in [1.165, 1.54) is 22.9 Å². The van der Waals surface area contributed by atoms with Crippen LogP contribution in [0.15, 0.2) is 30.3 Å². The molecule has 0 spiro atoms. The largest absolute Gasteiger partial charge is 0.487 e. The van der Waals surface area contributed by atoms with Crippen LogP contribution in [0.5, 0.6) is 5.75 Å². The SMILES string of the molecule is CC(C)n1nc(COc2cccc(F)c2)cc1C(=O)O. The zero-order valence-electron chi connectivity index (χ0n) is 11.2. The highest BCUT2D eigenvalue weighted by Gasteiger charge is 2.16. The van der Waals surface area contributed by atoms with Crippen LogP contribution in [0.2, 0.25) is 0 Å². The second-order valence-electron chi connectivity index (χ2n) is 4.61. The summed E-state index contributed by atoms with van der Waals surface area (Å²) < 4.78 is 19.8. The first kappa shape index (κ1) is 14.0. The molecular weight excluding hydrogens is 263 g/mol. The molecule has 0 unspecified atom stereocenters. The van der Waals surface area contributed by atoms with Crippen molar-refractivity contribution in [1.82, 2.24) is 9.78 Å². The molecule has 1 N–H and O–H groups in total. The Morgan fingerprint density at radius 3 is 2.75 bits per heavy atom. The van der Waals surface area contributed by atoms with Gasteiger partial charge in [-0.1, -0.05) is 6.07 Å². The zero-order valence-corrected chi connectivity index (χ0v) is 11.2. The van der Waals surface area contributed by atoms with Gasteiger partial charge in [-0.25, -0.2) is 9.18 Å². The summed E-state index contributed by atoms with van der Waals surface area (Å²) in [6.07, 6.45) is 0. The molecule has 2 aromatic rings. The van der Waals surface area contributed by atoms with Crippen molar-refractivity contribution in [3.63, 3.8) is 0 Å². The number of aromatic carboxylic acids is 1. The minimum atomic E-state index is -1.04. The molecule has 0 amide bonds. The van der Waals surface area contributed by atoms with E-state index < -0.39 is 5.97 Å². The number of ether oxygens (including phenoxy) is 1. The fourth-order valence-corrected chi connectivity index (χ4v) is 1.78. The van der Waals surface area contributed by atoms with Gasteiger partial charge in [0, 0.05) is 12.1 Å². The van der Waals surface area contributed by atoms with E-state index in [1.807, 2.05) is 13.8 Å². The Kier molecular flexibility index (Phi) is 4.02. The van der Waals surface area contributed by atoms with E-state index in [4.69, 9.17) is 9.84 Å². The van der Waals surface area contributed by atoms with E-state index in [2.05, 4.69) is 5.10 Å². The maximum absolute atomic E-state index is 13.0. The predicted octanol–water partition coefficient (Wildman–Crippen LogP) is 2.88. The fourth-order valence-electron chi connectivity index (χ4n) is 1.78. The summed E-state index contributed by atoms with van der Waals surface area (Å²) in [6.45, 7) is 3.77. The number of carbonyl (C=O) groups is 1. The lowest BCUT2D eigenvalue weighted by Crippen LogP contribution is -2.12. The van der Waals surface area contributed by atoms with Crippen molar-refractivity contribution in [3.8, 4) is 5.75 Å². The van der Waals surface area contributed by atoms with E-state index >= 15 is 0 Å². The Morgan fingerprint density at radius 2 is 2.20 bits per heavy atom. The molecule has 0 aliphatic carbocycles. The molecule has 0 bridgehead atoms. The molecule has 0 aliphatic heterocycles. The van der Waals surface area contributed by atoms with E-state index in [0.29, 0.717) is 11.4 Å². The molecule has 0 aliphatic rings. The number of halogens is 1. The lowest BCUT2D eigenvalue weighted by Gasteiger charge is -2.07. The van der Waals surface area contributed by atoms with Crippen LogP contribution in [-0.2, 0) is 6.61 Å². The Bertz CT molecular complexity index is 623. The number of hydrogen-bond acceptors (Lipinski definition) is 3. The summed E-state index contributed by atoms with van der Waals surface area (Å²) in [4.78, 5) is 11.1. The fraction of sp³-hybridized carbons (Fsp3) is 0.286. The highest BCUT2D eigenvalue weighted by atomic mass is 19.1. The lowest BCUT2D eigenvalue weighted by atomic mass is 10.3. The summed E-state index contributed by atoms with van der Waals surface area (Å²) in [5.74, 6) is -1.05. The first-order chi connectivity index (χ1) is 9.47. The maximum atomic E-state index is 13.0. The number of rotatable bonds is 5. The summed E-state index contributed by atoms with van der Waals surface area (Å²) in [6, 6.07) is 7.15. The van der Waals surface area contributed by atoms with Crippen LogP contribution in [0, 0.1) is 5.82 Å². The maximum Gasteiger partial charge on any atom is 0.354 e. The Morgan fingerprint density at radius 1 is 1.45 bits per heavy atom. The van der Waals surface area contributed by atoms with Gasteiger partial charge in [0.1, 0.15) is 29.6 Å². The minimum absolute atomic E-state index is 0.0657. The molecule has 0 fully saturated rings. The van der Waals surface area contributed by atoms with Gasteiger partial charge in [0.05, 0.1) is 0 Å². The smallest absolute Gasteiger partial charge is 0.354 e. The van der Waals surface area contributed by atoms with Gasteiger partial charge in [0.2, 0.25) is 0 Å². The monoisotopic (exact) mass is 278 g/mol. The average molecular weight is 278 g/mol. The Labute approximate surface area is 115 Å². The molecular formula is C14H15FN2O3. The third-order valence-electron chi connectivity index (χ3n) is 2.68. The molecule has 6 heteroatoms. The van der Waals surface area contributed by atoms with E-state index in [1.54, 1.807) is 12.1 Å². The second-order valence-corrected chi connectivity index (χ2v) is 4.61. The summed E-state index contributed by atoms with van der Waals surface area (Å²) >= 11 is 0. The number of aromatic nitrogens is 2.